The molecule has 5 aromatic rings. The van der Waals surface area contributed by atoms with Gasteiger partial charge in [0.15, 0.2) is 11.5 Å². The molecule has 0 fully saturated rings. The van der Waals surface area contributed by atoms with Gasteiger partial charge in [-0.2, -0.15) is 0 Å². The van der Waals surface area contributed by atoms with E-state index >= 15 is 0 Å². The van der Waals surface area contributed by atoms with Crippen molar-refractivity contribution in [1.29, 1.82) is 0 Å². The number of nitrogens with zero attached hydrogens (tertiary/aromatic N) is 2. The number of rotatable bonds is 5. The van der Waals surface area contributed by atoms with Crippen molar-refractivity contribution in [3.8, 4) is 28.9 Å². The maximum atomic E-state index is 10.3. The van der Waals surface area contributed by atoms with Crippen molar-refractivity contribution < 1.29 is 19.3 Å². The highest BCUT2D eigenvalue weighted by Crippen LogP contribution is 2.52. The van der Waals surface area contributed by atoms with Crippen LogP contribution in [0.15, 0.2) is 85.2 Å². The Morgan fingerprint density at radius 1 is 0.889 bits per heavy atom. The van der Waals surface area contributed by atoms with Crippen molar-refractivity contribution in [3.05, 3.63) is 102 Å². The van der Waals surface area contributed by atoms with Crippen molar-refractivity contribution in [2.24, 2.45) is 0 Å². The number of aromatic hydroxyl groups is 1. The van der Waals surface area contributed by atoms with Crippen LogP contribution in [0, 0.1) is 0 Å². The second kappa shape index (κ2) is 8.78. The molecule has 7 nitrogen and oxygen atoms in total. The summed E-state index contributed by atoms with van der Waals surface area (Å²) in [6, 6.07) is 25.3. The molecule has 6 rings (SSSR count). The van der Waals surface area contributed by atoms with Gasteiger partial charge in [0.1, 0.15) is 23.6 Å². The summed E-state index contributed by atoms with van der Waals surface area (Å²) in [5.74, 6) is 2.82. The number of nitrogens with one attached hydrogen (secondary N) is 1. The van der Waals surface area contributed by atoms with E-state index in [9.17, 15) is 5.11 Å². The molecule has 1 atom stereocenters. The van der Waals surface area contributed by atoms with Crippen LogP contribution in [0.1, 0.15) is 22.6 Å². The van der Waals surface area contributed by atoms with Crippen LogP contribution in [-0.4, -0.2) is 29.3 Å². The molecule has 0 bridgehead atoms. The van der Waals surface area contributed by atoms with Crippen LogP contribution in [-0.2, 0) is 0 Å². The molecule has 4 aromatic carbocycles. The molecule has 1 aliphatic rings. The molecule has 0 amide bonds. The standard InChI is InChI=1S/C29H23N3O4/c1-34-20-11-9-19(10-12-20)32-28-26-25(18-8-14-23(33)24(15-18)35-2)22-13-7-17-5-3-4-6-21(17)27(22)36-29(26)31-16-30-28/h3-16,25,33H,1-2H3,(H,30,31,32). The largest absolute Gasteiger partial charge is 0.504 e. The van der Waals surface area contributed by atoms with Gasteiger partial charge >= 0.3 is 0 Å². The summed E-state index contributed by atoms with van der Waals surface area (Å²) in [7, 11) is 3.18. The van der Waals surface area contributed by atoms with Crippen molar-refractivity contribution in [2.75, 3.05) is 19.5 Å². The normalized spacial score (nSPS) is 13.9. The molecule has 0 spiro atoms. The summed E-state index contributed by atoms with van der Waals surface area (Å²) in [6.45, 7) is 0. The first-order valence-corrected chi connectivity index (χ1v) is 11.5. The van der Waals surface area contributed by atoms with Crippen LogP contribution in [0.25, 0.3) is 10.8 Å². The highest BCUT2D eigenvalue weighted by Gasteiger charge is 2.34. The monoisotopic (exact) mass is 477 g/mol. The third-order valence-electron chi connectivity index (χ3n) is 6.45. The number of anilines is 2. The van der Waals surface area contributed by atoms with Crippen LogP contribution < -0.4 is 19.5 Å². The highest BCUT2D eigenvalue weighted by atomic mass is 16.5. The first-order chi connectivity index (χ1) is 17.7. The van der Waals surface area contributed by atoms with Gasteiger partial charge in [-0.3, -0.25) is 0 Å². The number of benzene rings is 4. The van der Waals surface area contributed by atoms with Crippen molar-refractivity contribution in [2.45, 2.75) is 5.92 Å². The van der Waals surface area contributed by atoms with Gasteiger partial charge in [-0.05, 0) is 47.3 Å². The van der Waals surface area contributed by atoms with Gasteiger partial charge in [-0.15, -0.1) is 0 Å². The number of fused-ring (bicyclic) bond motifs is 4. The summed E-state index contributed by atoms with van der Waals surface area (Å²) in [6.07, 6.45) is 1.50. The first-order valence-electron chi connectivity index (χ1n) is 11.5. The molecule has 0 saturated heterocycles. The molecule has 0 saturated carbocycles. The molecular weight excluding hydrogens is 454 g/mol. The van der Waals surface area contributed by atoms with Gasteiger partial charge < -0.3 is 24.6 Å². The molecule has 2 heterocycles. The minimum absolute atomic E-state index is 0.0770. The molecule has 178 valence electrons. The number of methoxy groups -OCH3 is 2. The summed E-state index contributed by atoms with van der Waals surface area (Å²) in [4.78, 5) is 9.10. The topological polar surface area (TPSA) is 85.7 Å². The Balaban J connectivity index is 1.56. The summed E-state index contributed by atoms with van der Waals surface area (Å²) in [5.41, 5.74) is 3.53. The quantitative estimate of drug-likeness (QED) is 0.298. The molecule has 1 aliphatic heterocycles. The average molecular weight is 478 g/mol. The number of hydrogen-bond donors (Lipinski definition) is 2. The average Bonchev–Trinajstić information content (AvgIpc) is 2.93. The van der Waals surface area contributed by atoms with E-state index in [0.29, 0.717) is 17.4 Å². The molecule has 1 unspecified atom stereocenters. The predicted molar refractivity (Wildman–Crippen MR) is 138 cm³/mol. The summed E-state index contributed by atoms with van der Waals surface area (Å²) < 4.78 is 17.2. The van der Waals surface area contributed by atoms with Crippen LogP contribution in [0.5, 0.6) is 28.9 Å². The van der Waals surface area contributed by atoms with Gasteiger partial charge in [-0.1, -0.05) is 42.5 Å². The molecule has 0 aliphatic carbocycles. The van der Waals surface area contributed by atoms with Gasteiger partial charge in [-0.25, -0.2) is 9.97 Å². The number of ether oxygens (including phenoxy) is 3. The minimum Gasteiger partial charge on any atom is -0.504 e. The van der Waals surface area contributed by atoms with Gasteiger partial charge in [0.05, 0.1) is 19.8 Å². The van der Waals surface area contributed by atoms with Gasteiger partial charge in [0.2, 0.25) is 5.88 Å². The van der Waals surface area contributed by atoms with Crippen LogP contribution in [0.3, 0.4) is 0 Å². The number of phenolic OH excluding ortho intramolecular Hbond substituents is 1. The van der Waals surface area contributed by atoms with E-state index in [1.165, 1.54) is 13.4 Å². The van der Waals surface area contributed by atoms with E-state index in [1.54, 1.807) is 13.2 Å². The van der Waals surface area contributed by atoms with E-state index in [-0.39, 0.29) is 11.7 Å². The SMILES string of the molecule is COc1ccc(Nc2ncnc3c2C(c2ccc(O)c(OC)c2)c2ccc4ccccc4c2O3)cc1. The lowest BCUT2D eigenvalue weighted by Crippen LogP contribution is -2.16. The summed E-state index contributed by atoms with van der Waals surface area (Å²) >= 11 is 0. The van der Waals surface area contributed by atoms with E-state index in [4.69, 9.17) is 14.2 Å². The zero-order valence-electron chi connectivity index (χ0n) is 19.7. The third kappa shape index (κ3) is 3.62. The zero-order valence-corrected chi connectivity index (χ0v) is 19.7. The Labute approximate surface area is 207 Å². The lowest BCUT2D eigenvalue weighted by molar-refractivity contribution is 0.372. The molecule has 2 N–H and O–H groups in total. The Morgan fingerprint density at radius 2 is 1.72 bits per heavy atom. The Bertz CT molecular complexity index is 1580. The van der Waals surface area contributed by atoms with Gasteiger partial charge in [0, 0.05) is 22.6 Å². The van der Waals surface area contributed by atoms with Crippen molar-refractivity contribution >= 4 is 22.3 Å². The number of phenols is 1. The van der Waals surface area contributed by atoms with Crippen LogP contribution in [0.2, 0.25) is 0 Å². The fraction of sp³-hybridized carbons (Fsp3) is 0.103. The molecule has 1 aromatic heterocycles. The van der Waals surface area contributed by atoms with E-state index in [1.807, 2.05) is 54.6 Å². The summed E-state index contributed by atoms with van der Waals surface area (Å²) in [5, 5.41) is 15.8. The maximum absolute atomic E-state index is 10.3. The van der Waals surface area contributed by atoms with Crippen molar-refractivity contribution in [1.82, 2.24) is 9.97 Å². The number of hydrogen-bond acceptors (Lipinski definition) is 7. The van der Waals surface area contributed by atoms with E-state index < -0.39 is 0 Å². The molecule has 36 heavy (non-hydrogen) atoms. The molecule has 0 radical (unpaired) electrons. The second-order valence-corrected chi connectivity index (χ2v) is 8.47. The Kier molecular flexibility index (Phi) is 5.30. The molecular formula is C29H23N3O4. The van der Waals surface area contributed by atoms with E-state index in [2.05, 4.69) is 33.5 Å². The maximum Gasteiger partial charge on any atom is 0.228 e. The molecule has 7 heteroatoms. The van der Waals surface area contributed by atoms with Crippen molar-refractivity contribution in [3.63, 3.8) is 0 Å². The minimum atomic E-state index is -0.273. The van der Waals surface area contributed by atoms with Crippen LogP contribution in [0.4, 0.5) is 11.5 Å². The smallest absolute Gasteiger partial charge is 0.228 e. The zero-order chi connectivity index (χ0) is 24.6. The first kappa shape index (κ1) is 21.7. The lowest BCUT2D eigenvalue weighted by atomic mass is 9.82. The fourth-order valence-electron chi connectivity index (χ4n) is 4.70. The third-order valence-corrected chi connectivity index (χ3v) is 6.45. The predicted octanol–water partition coefficient (Wildman–Crippen LogP) is 6.38. The highest BCUT2D eigenvalue weighted by molar-refractivity contribution is 5.91. The fourth-order valence-corrected chi connectivity index (χ4v) is 4.70. The number of aromatic nitrogens is 2. The Hall–Kier alpha value is -4.78. The van der Waals surface area contributed by atoms with Gasteiger partial charge in [0.25, 0.3) is 0 Å². The lowest BCUT2D eigenvalue weighted by Gasteiger charge is -2.30. The Morgan fingerprint density at radius 3 is 2.53 bits per heavy atom. The second-order valence-electron chi connectivity index (χ2n) is 8.47. The van der Waals surface area contributed by atoms with Crippen LogP contribution >= 0.6 is 0 Å². The van der Waals surface area contributed by atoms with E-state index in [0.717, 1.165) is 44.6 Å².